The van der Waals surface area contributed by atoms with Crippen molar-refractivity contribution in [1.82, 2.24) is 0 Å². The van der Waals surface area contributed by atoms with Crippen LogP contribution in [0, 0.1) is 0 Å². The van der Waals surface area contributed by atoms with Crippen LogP contribution in [-0.2, 0) is 9.05 Å². The molecule has 0 atom stereocenters. The second-order valence-corrected chi connectivity index (χ2v) is 6.49. The predicted molar refractivity (Wildman–Crippen MR) is 62.8 cm³/mol. The molecule has 14 heavy (non-hydrogen) atoms. The van der Waals surface area contributed by atoms with E-state index in [1.807, 2.05) is 12.1 Å². The van der Waals surface area contributed by atoms with E-state index < -0.39 is 9.05 Å². The number of hydrogen-bond donors (Lipinski definition) is 0. The summed E-state index contributed by atoms with van der Waals surface area (Å²) >= 11 is 3.28. The minimum Gasteiger partial charge on any atom is -0.212 e. The van der Waals surface area contributed by atoms with Gasteiger partial charge in [0.15, 0.2) is 0 Å². The molecule has 76 valence electrons. The van der Waals surface area contributed by atoms with E-state index in [-0.39, 0.29) is 5.75 Å². The summed E-state index contributed by atoms with van der Waals surface area (Å²) in [7, 11) is 1.59. The molecule has 0 saturated carbocycles. The highest BCUT2D eigenvalue weighted by Crippen LogP contribution is 2.18. The van der Waals surface area contributed by atoms with Crippen LogP contribution in [0.1, 0.15) is 5.56 Å². The Hall–Kier alpha value is -0.320. The van der Waals surface area contributed by atoms with Gasteiger partial charge in [0, 0.05) is 15.2 Å². The third-order valence-electron chi connectivity index (χ3n) is 1.60. The summed E-state index contributed by atoms with van der Waals surface area (Å²) < 4.78 is 22.5. The van der Waals surface area contributed by atoms with Crippen molar-refractivity contribution in [3.63, 3.8) is 0 Å². The molecule has 1 aromatic rings. The first-order valence-corrected chi connectivity index (χ1v) is 7.02. The lowest BCUT2D eigenvalue weighted by atomic mass is 10.1. The standard InChI is InChI=1S/C9H8BrClO2S/c1-7(6-14(11,12)13)8-2-4-9(10)5-3-8/h2-5H,1,6H2. The average molecular weight is 296 g/mol. The molecule has 1 rings (SSSR count). The van der Waals surface area contributed by atoms with Crippen LogP contribution in [0.4, 0.5) is 0 Å². The van der Waals surface area contributed by atoms with Gasteiger partial charge in [-0.05, 0) is 23.3 Å². The molecule has 0 unspecified atom stereocenters. The summed E-state index contributed by atoms with van der Waals surface area (Å²) in [6.45, 7) is 3.66. The second kappa shape index (κ2) is 4.47. The van der Waals surface area contributed by atoms with Gasteiger partial charge in [-0.1, -0.05) is 34.6 Å². The first-order valence-electron chi connectivity index (χ1n) is 3.74. The zero-order valence-corrected chi connectivity index (χ0v) is 10.4. The van der Waals surface area contributed by atoms with Crippen LogP contribution in [-0.4, -0.2) is 14.2 Å². The lowest BCUT2D eigenvalue weighted by molar-refractivity contribution is 0.612. The Morgan fingerprint density at radius 3 is 2.29 bits per heavy atom. The molecule has 0 aromatic heterocycles. The van der Waals surface area contributed by atoms with E-state index in [4.69, 9.17) is 10.7 Å². The Bertz CT molecular complexity index is 436. The highest BCUT2D eigenvalue weighted by atomic mass is 79.9. The van der Waals surface area contributed by atoms with Gasteiger partial charge in [-0.2, -0.15) is 0 Å². The van der Waals surface area contributed by atoms with E-state index in [2.05, 4.69) is 22.5 Å². The highest BCUT2D eigenvalue weighted by molar-refractivity contribution is 9.10. The summed E-state index contributed by atoms with van der Waals surface area (Å²) in [4.78, 5) is 0. The molecule has 0 heterocycles. The van der Waals surface area contributed by atoms with Crippen LogP contribution in [0.2, 0.25) is 0 Å². The zero-order valence-electron chi connectivity index (χ0n) is 7.20. The molecule has 0 aliphatic carbocycles. The normalized spacial score (nSPS) is 11.3. The van der Waals surface area contributed by atoms with E-state index in [1.165, 1.54) is 0 Å². The molecule has 0 N–H and O–H groups in total. The van der Waals surface area contributed by atoms with Crippen molar-refractivity contribution in [1.29, 1.82) is 0 Å². The SMILES string of the molecule is C=C(CS(=O)(=O)Cl)c1ccc(Br)cc1. The Kier molecular flexibility index (Phi) is 3.75. The van der Waals surface area contributed by atoms with Gasteiger partial charge >= 0.3 is 0 Å². The molecule has 0 amide bonds. The molecular weight excluding hydrogens is 288 g/mol. The van der Waals surface area contributed by atoms with Crippen molar-refractivity contribution in [2.24, 2.45) is 0 Å². The van der Waals surface area contributed by atoms with Gasteiger partial charge in [0.05, 0.1) is 5.75 Å². The first kappa shape index (κ1) is 11.8. The van der Waals surface area contributed by atoms with Crippen molar-refractivity contribution < 1.29 is 8.42 Å². The largest absolute Gasteiger partial charge is 0.236 e. The van der Waals surface area contributed by atoms with Crippen LogP contribution in [0.15, 0.2) is 35.3 Å². The lowest BCUT2D eigenvalue weighted by Gasteiger charge is -2.03. The van der Waals surface area contributed by atoms with Gasteiger partial charge in [-0.3, -0.25) is 0 Å². The van der Waals surface area contributed by atoms with E-state index in [9.17, 15) is 8.42 Å². The summed E-state index contributed by atoms with van der Waals surface area (Å²) in [6, 6.07) is 7.21. The first-order chi connectivity index (χ1) is 6.38. The maximum atomic E-state index is 10.8. The molecule has 0 fully saturated rings. The van der Waals surface area contributed by atoms with Crippen LogP contribution in [0.3, 0.4) is 0 Å². The zero-order chi connectivity index (χ0) is 10.8. The van der Waals surface area contributed by atoms with Gasteiger partial charge in [0.25, 0.3) is 0 Å². The number of rotatable bonds is 3. The molecule has 0 aliphatic rings. The van der Waals surface area contributed by atoms with Gasteiger partial charge < -0.3 is 0 Å². The van der Waals surface area contributed by atoms with Gasteiger partial charge in [0.1, 0.15) is 0 Å². The van der Waals surface area contributed by atoms with Gasteiger partial charge in [-0.15, -0.1) is 0 Å². The maximum Gasteiger partial charge on any atom is 0.236 e. The third-order valence-corrected chi connectivity index (χ3v) is 3.15. The van der Waals surface area contributed by atoms with E-state index in [0.29, 0.717) is 5.57 Å². The highest BCUT2D eigenvalue weighted by Gasteiger charge is 2.09. The molecule has 5 heteroatoms. The maximum absolute atomic E-state index is 10.8. The molecule has 0 radical (unpaired) electrons. The second-order valence-electron chi connectivity index (χ2n) is 2.79. The predicted octanol–water partition coefficient (Wildman–Crippen LogP) is 3.03. The average Bonchev–Trinajstić information content (AvgIpc) is 2.02. The Morgan fingerprint density at radius 1 is 1.36 bits per heavy atom. The molecule has 0 saturated heterocycles. The van der Waals surface area contributed by atoms with E-state index >= 15 is 0 Å². The fraction of sp³-hybridized carbons (Fsp3) is 0.111. The van der Waals surface area contributed by atoms with Crippen molar-refractivity contribution in [2.75, 3.05) is 5.75 Å². The fourth-order valence-corrected chi connectivity index (χ4v) is 2.22. The van der Waals surface area contributed by atoms with Gasteiger partial charge in [-0.25, -0.2) is 8.42 Å². The van der Waals surface area contributed by atoms with Crippen molar-refractivity contribution in [2.45, 2.75) is 0 Å². The van der Waals surface area contributed by atoms with Crippen molar-refractivity contribution in [3.05, 3.63) is 40.9 Å². The van der Waals surface area contributed by atoms with Crippen LogP contribution in [0.25, 0.3) is 5.57 Å². The summed E-state index contributed by atoms with van der Waals surface area (Å²) in [6.07, 6.45) is 0. The van der Waals surface area contributed by atoms with Crippen molar-refractivity contribution >= 4 is 41.2 Å². The monoisotopic (exact) mass is 294 g/mol. The topological polar surface area (TPSA) is 34.1 Å². The molecule has 0 spiro atoms. The van der Waals surface area contributed by atoms with E-state index in [0.717, 1.165) is 10.0 Å². The Morgan fingerprint density at radius 2 is 1.86 bits per heavy atom. The Balaban J connectivity index is 2.86. The fourth-order valence-electron chi connectivity index (χ4n) is 0.977. The molecule has 2 nitrogen and oxygen atoms in total. The van der Waals surface area contributed by atoms with Crippen molar-refractivity contribution in [3.8, 4) is 0 Å². The number of hydrogen-bond acceptors (Lipinski definition) is 2. The lowest BCUT2D eigenvalue weighted by Crippen LogP contribution is -1.99. The minimum absolute atomic E-state index is 0.226. The Labute approximate surface area is 96.1 Å². The molecular formula is C9H8BrClO2S. The van der Waals surface area contributed by atoms with Crippen LogP contribution in [0.5, 0.6) is 0 Å². The third kappa shape index (κ3) is 3.82. The van der Waals surface area contributed by atoms with Gasteiger partial charge in [0.2, 0.25) is 9.05 Å². The molecule has 0 bridgehead atoms. The van der Waals surface area contributed by atoms with Crippen LogP contribution >= 0.6 is 26.6 Å². The minimum atomic E-state index is -3.52. The van der Waals surface area contributed by atoms with Crippen LogP contribution < -0.4 is 0 Å². The molecule has 0 aliphatic heterocycles. The summed E-state index contributed by atoms with van der Waals surface area (Å²) in [5.41, 5.74) is 1.27. The van der Waals surface area contributed by atoms with E-state index in [1.54, 1.807) is 12.1 Å². The smallest absolute Gasteiger partial charge is 0.212 e. The number of benzene rings is 1. The number of halogens is 2. The summed E-state index contributed by atoms with van der Waals surface area (Å²) in [5, 5.41) is 0. The quantitative estimate of drug-likeness (QED) is 0.803. The molecule has 1 aromatic carbocycles. The summed E-state index contributed by atoms with van der Waals surface area (Å²) in [5.74, 6) is -0.226.